The van der Waals surface area contributed by atoms with Gasteiger partial charge < -0.3 is 5.11 Å². The van der Waals surface area contributed by atoms with Crippen LogP contribution in [0, 0.1) is 24.2 Å². The van der Waals surface area contributed by atoms with Gasteiger partial charge in [0.1, 0.15) is 0 Å². The molecule has 0 heterocycles. The molecule has 2 N–H and O–H groups in total. The summed E-state index contributed by atoms with van der Waals surface area (Å²) in [6.45, 7) is 3.12. The zero-order chi connectivity index (χ0) is 15.5. The van der Waals surface area contributed by atoms with E-state index in [2.05, 4.69) is 20.7 Å². The van der Waals surface area contributed by atoms with E-state index in [0.29, 0.717) is 10.0 Å². The maximum Gasteiger partial charge on any atom is 0.335 e. The fraction of sp³-hybridized carbons (Fsp3) is 0.333. The van der Waals surface area contributed by atoms with Crippen molar-refractivity contribution in [1.29, 1.82) is 5.26 Å². The highest BCUT2D eigenvalue weighted by molar-refractivity contribution is 9.10. The van der Waals surface area contributed by atoms with Crippen LogP contribution in [0.15, 0.2) is 21.5 Å². The lowest BCUT2D eigenvalue weighted by molar-refractivity contribution is 0.0696. The van der Waals surface area contributed by atoms with Crippen LogP contribution in [0.2, 0.25) is 0 Å². The van der Waals surface area contributed by atoms with Gasteiger partial charge in [0.2, 0.25) is 10.0 Å². The van der Waals surface area contributed by atoms with Crippen molar-refractivity contribution < 1.29 is 18.3 Å². The molecule has 20 heavy (non-hydrogen) atoms. The number of hydrogen-bond acceptors (Lipinski definition) is 4. The number of sulfonamides is 1. The van der Waals surface area contributed by atoms with Gasteiger partial charge in [-0.2, -0.15) is 5.26 Å². The molecule has 1 unspecified atom stereocenters. The first kappa shape index (κ1) is 16.6. The van der Waals surface area contributed by atoms with Crippen molar-refractivity contribution in [3.05, 3.63) is 27.7 Å². The van der Waals surface area contributed by atoms with Gasteiger partial charge >= 0.3 is 5.97 Å². The van der Waals surface area contributed by atoms with E-state index < -0.39 is 21.9 Å². The smallest absolute Gasteiger partial charge is 0.335 e. The highest BCUT2D eigenvalue weighted by Gasteiger charge is 2.21. The number of rotatable bonds is 5. The van der Waals surface area contributed by atoms with Gasteiger partial charge in [-0.1, -0.05) is 15.9 Å². The van der Waals surface area contributed by atoms with E-state index >= 15 is 0 Å². The fourth-order valence-corrected chi connectivity index (χ4v) is 3.43. The van der Waals surface area contributed by atoms with E-state index in [1.807, 2.05) is 6.07 Å². The zero-order valence-corrected chi connectivity index (χ0v) is 13.2. The van der Waals surface area contributed by atoms with Crippen LogP contribution in [0.5, 0.6) is 0 Å². The molecule has 8 heteroatoms. The number of carboxylic acids is 1. The Kier molecular flexibility index (Phi) is 5.28. The molecule has 0 aliphatic heterocycles. The SMILES string of the molecule is Cc1c(Br)cc(C(=O)O)cc1S(=O)(=O)NCC(C)C#N. The molecular formula is C12H13BrN2O4S. The van der Waals surface area contributed by atoms with E-state index in [1.165, 1.54) is 6.07 Å². The average Bonchev–Trinajstić information content (AvgIpc) is 2.38. The van der Waals surface area contributed by atoms with Gasteiger partial charge in [0, 0.05) is 11.0 Å². The number of carboxylic acid groups (broad SMARTS) is 1. The molecule has 1 atom stereocenters. The molecule has 0 aliphatic carbocycles. The molecule has 0 saturated heterocycles. The molecule has 1 rings (SSSR count). The maximum absolute atomic E-state index is 12.2. The maximum atomic E-state index is 12.2. The van der Waals surface area contributed by atoms with Crippen molar-refractivity contribution in [1.82, 2.24) is 4.72 Å². The third-order valence-corrected chi connectivity index (χ3v) is 5.01. The van der Waals surface area contributed by atoms with Crippen LogP contribution in [0.4, 0.5) is 0 Å². The summed E-state index contributed by atoms with van der Waals surface area (Å²) in [5, 5.41) is 17.6. The Balaban J connectivity index is 3.24. The monoisotopic (exact) mass is 360 g/mol. The van der Waals surface area contributed by atoms with Crippen LogP contribution in [0.3, 0.4) is 0 Å². The molecule has 0 fully saturated rings. The first-order valence-corrected chi connectivity index (χ1v) is 7.89. The molecule has 0 saturated carbocycles. The minimum atomic E-state index is -3.87. The Hall–Kier alpha value is -1.43. The van der Waals surface area contributed by atoms with E-state index in [-0.39, 0.29) is 17.0 Å². The largest absolute Gasteiger partial charge is 0.478 e. The van der Waals surface area contributed by atoms with Gasteiger partial charge in [-0.3, -0.25) is 0 Å². The lowest BCUT2D eigenvalue weighted by atomic mass is 10.1. The zero-order valence-electron chi connectivity index (χ0n) is 10.8. The van der Waals surface area contributed by atoms with Crippen LogP contribution in [0.1, 0.15) is 22.8 Å². The minimum absolute atomic E-state index is 0.0345. The second-order valence-electron chi connectivity index (χ2n) is 4.27. The minimum Gasteiger partial charge on any atom is -0.478 e. The van der Waals surface area contributed by atoms with Crippen molar-refractivity contribution >= 4 is 31.9 Å². The molecule has 1 aromatic carbocycles. The standard InChI is InChI=1S/C12H13BrN2O4S/c1-7(5-14)6-15-20(18,19)11-4-9(12(16)17)3-10(13)8(11)2/h3-4,7,15H,6H2,1-2H3,(H,16,17). The molecule has 1 aromatic rings. The number of benzene rings is 1. The topological polar surface area (TPSA) is 107 Å². The van der Waals surface area contributed by atoms with E-state index in [9.17, 15) is 13.2 Å². The lowest BCUT2D eigenvalue weighted by Crippen LogP contribution is -2.28. The Morgan fingerprint density at radius 3 is 2.65 bits per heavy atom. The van der Waals surface area contributed by atoms with Crippen LogP contribution in [-0.2, 0) is 10.0 Å². The molecule has 0 aromatic heterocycles. The van der Waals surface area contributed by atoms with E-state index in [4.69, 9.17) is 10.4 Å². The first-order chi connectivity index (χ1) is 9.19. The van der Waals surface area contributed by atoms with Gasteiger partial charge in [0.15, 0.2) is 0 Å². The second kappa shape index (κ2) is 6.35. The van der Waals surface area contributed by atoms with Gasteiger partial charge in [-0.25, -0.2) is 17.9 Å². The average molecular weight is 361 g/mol. The number of halogens is 1. The van der Waals surface area contributed by atoms with Crippen LogP contribution in [-0.4, -0.2) is 26.0 Å². The molecular weight excluding hydrogens is 348 g/mol. The third-order valence-electron chi connectivity index (χ3n) is 2.63. The van der Waals surface area contributed by atoms with Gasteiger partial charge in [-0.15, -0.1) is 0 Å². The van der Waals surface area contributed by atoms with Crippen molar-refractivity contribution in [3.8, 4) is 6.07 Å². The molecule has 0 amide bonds. The molecule has 108 valence electrons. The summed E-state index contributed by atoms with van der Waals surface area (Å²) in [5.41, 5.74) is 0.281. The summed E-state index contributed by atoms with van der Waals surface area (Å²) < 4.78 is 27.0. The quantitative estimate of drug-likeness (QED) is 0.833. The molecule has 0 radical (unpaired) electrons. The Morgan fingerprint density at radius 1 is 1.55 bits per heavy atom. The number of nitriles is 1. The Labute approximate surface area is 125 Å². The highest BCUT2D eigenvalue weighted by atomic mass is 79.9. The molecule has 0 aliphatic rings. The second-order valence-corrected chi connectivity index (χ2v) is 6.86. The highest BCUT2D eigenvalue weighted by Crippen LogP contribution is 2.25. The van der Waals surface area contributed by atoms with Crippen LogP contribution in [0.25, 0.3) is 0 Å². The number of nitrogens with one attached hydrogen (secondary N) is 1. The first-order valence-electron chi connectivity index (χ1n) is 5.61. The fourth-order valence-electron chi connectivity index (χ4n) is 1.41. The van der Waals surface area contributed by atoms with Crippen LogP contribution >= 0.6 is 15.9 Å². The van der Waals surface area contributed by atoms with Crippen molar-refractivity contribution in [3.63, 3.8) is 0 Å². The molecule has 0 spiro atoms. The third kappa shape index (κ3) is 3.79. The summed E-state index contributed by atoms with van der Waals surface area (Å²) in [6.07, 6.45) is 0. The number of carbonyl (C=O) groups is 1. The Bertz CT molecular complexity index is 679. The van der Waals surface area contributed by atoms with Gasteiger partial charge in [-0.05, 0) is 31.5 Å². The summed E-state index contributed by atoms with van der Waals surface area (Å²) in [6, 6.07) is 4.36. The molecule has 0 bridgehead atoms. The normalized spacial score (nSPS) is 12.7. The summed E-state index contributed by atoms with van der Waals surface area (Å²) in [5.74, 6) is -1.69. The van der Waals surface area contributed by atoms with Crippen molar-refractivity contribution in [2.75, 3.05) is 6.54 Å². The summed E-state index contributed by atoms with van der Waals surface area (Å²) in [4.78, 5) is 10.9. The Morgan fingerprint density at radius 2 is 2.15 bits per heavy atom. The predicted molar refractivity (Wildman–Crippen MR) is 75.8 cm³/mol. The van der Waals surface area contributed by atoms with Crippen LogP contribution < -0.4 is 4.72 Å². The van der Waals surface area contributed by atoms with E-state index in [0.717, 1.165) is 6.07 Å². The molecule has 6 nitrogen and oxygen atoms in total. The number of hydrogen-bond donors (Lipinski definition) is 2. The van der Waals surface area contributed by atoms with Crippen molar-refractivity contribution in [2.45, 2.75) is 18.7 Å². The van der Waals surface area contributed by atoms with Crippen molar-refractivity contribution in [2.24, 2.45) is 5.92 Å². The number of aromatic carboxylic acids is 1. The summed E-state index contributed by atoms with van der Waals surface area (Å²) >= 11 is 3.14. The lowest BCUT2D eigenvalue weighted by Gasteiger charge is -2.12. The van der Waals surface area contributed by atoms with Gasteiger partial charge in [0.25, 0.3) is 0 Å². The number of nitrogens with zero attached hydrogens (tertiary/aromatic N) is 1. The van der Waals surface area contributed by atoms with E-state index in [1.54, 1.807) is 13.8 Å². The van der Waals surface area contributed by atoms with Gasteiger partial charge in [0.05, 0.1) is 22.4 Å². The predicted octanol–water partition coefficient (Wildman–Crippen LogP) is 1.89. The summed E-state index contributed by atoms with van der Waals surface area (Å²) in [7, 11) is -3.87.